The Labute approximate surface area is 99.3 Å². The average Bonchev–Trinajstić information content (AvgIpc) is 2.16. The second kappa shape index (κ2) is 3.89. The first-order valence-electron chi connectivity index (χ1n) is 6.24. The van der Waals surface area contributed by atoms with Crippen LogP contribution >= 0.6 is 0 Å². The molecule has 1 aromatic rings. The molecule has 1 heteroatoms. The van der Waals surface area contributed by atoms with Crippen molar-refractivity contribution in [2.75, 3.05) is 6.54 Å². The van der Waals surface area contributed by atoms with Crippen molar-refractivity contribution in [3.05, 3.63) is 34.9 Å². The third-order valence-electron chi connectivity index (χ3n) is 3.66. The first kappa shape index (κ1) is 11.7. The molecule has 1 aliphatic heterocycles. The maximum atomic E-state index is 3.69. The molecule has 0 radical (unpaired) electrons. The van der Waals surface area contributed by atoms with Crippen LogP contribution in [0.2, 0.25) is 0 Å². The van der Waals surface area contributed by atoms with Gasteiger partial charge in [-0.3, -0.25) is 0 Å². The van der Waals surface area contributed by atoms with E-state index in [1.54, 1.807) is 5.56 Å². The molecule has 1 nitrogen and oxygen atoms in total. The number of benzene rings is 1. The van der Waals surface area contributed by atoms with Crippen LogP contribution in [0, 0.1) is 12.3 Å². The van der Waals surface area contributed by atoms with Crippen LogP contribution in [0.5, 0.6) is 0 Å². The molecule has 0 saturated carbocycles. The Bertz CT molecular complexity index is 387. The third kappa shape index (κ3) is 1.89. The summed E-state index contributed by atoms with van der Waals surface area (Å²) in [5.41, 5.74) is 4.80. The van der Waals surface area contributed by atoms with E-state index in [2.05, 4.69) is 58.1 Å². The van der Waals surface area contributed by atoms with Crippen LogP contribution in [-0.2, 0) is 0 Å². The topological polar surface area (TPSA) is 12.0 Å². The quantitative estimate of drug-likeness (QED) is 0.697. The zero-order chi connectivity index (χ0) is 11.9. The number of rotatable bonds is 0. The van der Waals surface area contributed by atoms with E-state index in [0.29, 0.717) is 12.0 Å². The lowest BCUT2D eigenvalue weighted by atomic mass is 9.75. The second-order valence-corrected chi connectivity index (χ2v) is 6.19. The van der Waals surface area contributed by atoms with Gasteiger partial charge in [0.2, 0.25) is 0 Å². The molecule has 2 atom stereocenters. The highest BCUT2D eigenvalue weighted by Crippen LogP contribution is 2.40. The molecule has 1 heterocycles. The Kier molecular flexibility index (Phi) is 2.83. The molecule has 1 aromatic carbocycles. The zero-order valence-corrected chi connectivity index (χ0v) is 11.1. The molecule has 0 fully saturated rings. The minimum Gasteiger partial charge on any atom is -0.309 e. The molecule has 0 aliphatic carbocycles. The highest BCUT2D eigenvalue weighted by molar-refractivity contribution is 5.41. The summed E-state index contributed by atoms with van der Waals surface area (Å²) in [5.74, 6) is 0.634. The van der Waals surface area contributed by atoms with Crippen molar-refractivity contribution in [2.45, 2.75) is 46.6 Å². The predicted molar refractivity (Wildman–Crippen MR) is 69.8 cm³/mol. The van der Waals surface area contributed by atoms with Crippen LogP contribution in [-0.4, -0.2) is 6.54 Å². The molecule has 0 amide bonds. The lowest BCUT2D eigenvalue weighted by molar-refractivity contribution is 0.255. The maximum Gasteiger partial charge on any atom is 0.0372 e. The fourth-order valence-corrected chi connectivity index (χ4v) is 2.91. The first-order valence-corrected chi connectivity index (χ1v) is 6.24. The molecule has 0 bridgehead atoms. The molecule has 0 aromatic heterocycles. The Morgan fingerprint density at radius 3 is 2.56 bits per heavy atom. The molecule has 16 heavy (non-hydrogen) atoms. The Morgan fingerprint density at radius 2 is 1.94 bits per heavy atom. The van der Waals surface area contributed by atoms with Crippen molar-refractivity contribution in [3.8, 4) is 0 Å². The molecule has 1 aliphatic rings. The Morgan fingerprint density at radius 1 is 1.25 bits per heavy atom. The molecular formula is C15H23N. The summed E-state index contributed by atoms with van der Waals surface area (Å²) < 4.78 is 0. The fraction of sp³-hybridized carbons (Fsp3) is 0.600. The Balaban J connectivity index is 2.53. The van der Waals surface area contributed by atoms with Crippen LogP contribution in [0.3, 0.4) is 0 Å². The minimum absolute atomic E-state index is 0.280. The van der Waals surface area contributed by atoms with Gasteiger partial charge >= 0.3 is 0 Å². The van der Waals surface area contributed by atoms with E-state index in [9.17, 15) is 0 Å². The number of aryl methyl sites for hydroxylation is 1. The van der Waals surface area contributed by atoms with E-state index in [4.69, 9.17) is 0 Å². The van der Waals surface area contributed by atoms with Gasteiger partial charge in [0.1, 0.15) is 0 Å². The van der Waals surface area contributed by atoms with E-state index in [0.717, 1.165) is 6.54 Å². The van der Waals surface area contributed by atoms with Gasteiger partial charge in [-0.15, -0.1) is 0 Å². The average molecular weight is 217 g/mol. The number of hydrogen-bond donors (Lipinski definition) is 1. The summed E-state index contributed by atoms with van der Waals surface area (Å²) in [6, 6.07) is 7.20. The van der Waals surface area contributed by atoms with Gasteiger partial charge in [0, 0.05) is 12.6 Å². The van der Waals surface area contributed by atoms with Crippen molar-refractivity contribution in [3.63, 3.8) is 0 Å². The number of fused-ring (bicyclic) bond motifs is 1. The first-order chi connectivity index (χ1) is 7.41. The molecule has 2 unspecified atom stereocenters. The van der Waals surface area contributed by atoms with E-state index in [1.165, 1.54) is 11.1 Å². The summed E-state index contributed by atoms with van der Waals surface area (Å²) in [7, 11) is 0. The second-order valence-electron chi connectivity index (χ2n) is 6.19. The van der Waals surface area contributed by atoms with E-state index < -0.39 is 0 Å². The van der Waals surface area contributed by atoms with Crippen LogP contribution in [0.4, 0.5) is 0 Å². The summed E-state index contributed by atoms with van der Waals surface area (Å²) in [5, 5.41) is 3.69. The molecule has 88 valence electrons. The van der Waals surface area contributed by atoms with Gasteiger partial charge in [-0.25, -0.2) is 0 Å². The van der Waals surface area contributed by atoms with Crippen LogP contribution in [0.15, 0.2) is 18.2 Å². The lowest BCUT2D eigenvalue weighted by Crippen LogP contribution is -2.39. The largest absolute Gasteiger partial charge is 0.309 e. The monoisotopic (exact) mass is 217 g/mol. The van der Waals surface area contributed by atoms with Crippen LogP contribution < -0.4 is 5.32 Å². The van der Waals surface area contributed by atoms with E-state index >= 15 is 0 Å². The molecule has 0 saturated heterocycles. The van der Waals surface area contributed by atoms with Gasteiger partial charge in [-0.05, 0) is 34.9 Å². The zero-order valence-electron chi connectivity index (χ0n) is 11.1. The Hall–Kier alpha value is -0.820. The van der Waals surface area contributed by atoms with Gasteiger partial charge in [0.05, 0.1) is 0 Å². The van der Waals surface area contributed by atoms with Gasteiger partial charge in [0.15, 0.2) is 0 Å². The summed E-state index contributed by atoms with van der Waals surface area (Å²) in [6.07, 6.45) is 0. The van der Waals surface area contributed by atoms with Gasteiger partial charge in [-0.2, -0.15) is 0 Å². The predicted octanol–water partition coefficient (Wildman–Crippen LogP) is 3.79. The van der Waals surface area contributed by atoms with Gasteiger partial charge in [-0.1, -0.05) is 45.9 Å². The van der Waals surface area contributed by atoms with Crippen molar-refractivity contribution >= 4 is 0 Å². The molecule has 2 rings (SSSR count). The summed E-state index contributed by atoms with van der Waals surface area (Å²) in [4.78, 5) is 0. The minimum atomic E-state index is 0.280. The SMILES string of the molecule is Cc1cccc2c1C(C)CNC2C(C)(C)C. The van der Waals surface area contributed by atoms with E-state index in [1.807, 2.05) is 0 Å². The van der Waals surface area contributed by atoms with Crippen molar-refractivity contribution < 1.29 is 0 Å². The number of nitrogens with one attached hydrogen (secondary N) is 1. The summed E-state index contributed by atoms with van der Waals surface area (Å²) in [6.45, 7) is 12.6. The van der Waals surface area contributed by atoms with Gasteiger partial charge in [0.25, 0.3) is 0 Å². The standard InChI is InChI=1S/C15H23N/c1-10-7-6-8-12-13(10)11(2)9-16-14(12)15(3,4)5/h6-8,11,14,16H,9H2,1-5H3. The van der Waals surface area contributed by atoms with E-state index in [-0.39, 0.29) is 5.41 Å². The number of hydrogen-bond acceptors (Lipinski definition) is 1. The molecule has 1 N–H and O–H groups in total. The summed E-state index contributed by atoms with van der Waals surface area (Å²) >= 11 is 0. The maximum absolute atomic E-state index is 3.69. The van der Waals surface area contributed by atoms with Crippen LogP contribution in [0.1, 0.15) is 56.3 Å². The third-order valence-corrected chi connectivity index (χ3v) is 3.66. The lowest BCUT2D eigenvalue weighted by Gasteiger charge is -2.39. The van der Waals surface area contributed by atoms with Crippen molar-refractivity contribution in [2.24, 2.45) is 5.41 Å². The molecular weight excluding hydrogens is 194 g/mol. The smallest absolute Gasteiger partial charge is 0.0372 e. The molecule has 0 spiro atoms. The van der Waals surface area contributed by atoms with Gasteiger partial charge < -0.3 is 5.32 Å². The van der Waals surface area contributed by atoms with Crippen molar-refractivity contribution in [1.82, 2.24) is 5.32 Å². The van der Waals surface area contributed by atoms with Crippen molar-refractivity contribution in [1.29, 1.82) is 0 Å². The highest BCUT2D eigenvalue weighted by Gasteiger charge is 2.32. The van der Waals surface area contributed by atoms with Crippen LogP contribution in [0.25, 0.3) is 0 Å². The fourth-order valence-electron chi connectivity index (χ4n) is 2.91. The normalized spacial score (nSPS) is 25.3. The highest BCUT2D eigenvalue weighted by atomic mass is 14.9.